The number of ether oxygens (including phenoxy) is 1. The number of anilines is 1. The van der Waals surface area contributed by atoms with Crippen molar-refractivity contribution in [3.8, 4) is 0 Å². The van der Waals surface area contributed by atoms with Gasteiger partial charge in [-0.25, -0.2) is 14.2 Å². The Hall–Kier alpha value is -1.90. The Bertz CT molecular complexity index is 869. The predicted octanol–water partition coefficient (Wildman–Crippen LogP) is 3.55. The van der Waals surface area contributed by atoms with E-state index in [0.717, 1.165) is 61.3 Å². The lowest BCUT2D eigenvalue weighted by molar-refractivity contribution is 0.0442. The van der Waals surface area contributed by atoms with Gasteiger partial charge in [-0.15, -0.1) is 10.2 Å². The first kappa shape index (κ1) is 19.4. The second-order valence-electron chi connectivity index (χ2n) is 8.87. The summed E-state index contributed by atoms with van der Waals surface area (Å²) in [6, 6.07) is 0.178. The van der Waals surface area contributed by atoms with E-state index in [2.05, 4.69) is 41.3 Å². The van der Waals surface area contributed by atoms with Crippen molar-refractivity contribution >= 4 is 33.6 Å². The van der Waals surface area contributed by atoms with E-state index in [1.165, 1.54) is 0 Å². The van der Waals surface area contributed by atoms with Crippen molar-refractivity contribution in [3.05, 3.63) is 17.0 Å². The van der Waals surface area contributed by atoms with Gasteiger partial charge >= 0.3 is 6.09 Å². The molecule has 8 nitrogen and oxygen atoms in total. The van der Waals surface area contributed by atoms with Crippen molar-refractivity contribution in [2.75, 3.05) is 18.0 Å². The molecule has 2 aromatic heterocycles. The van der Waals surface area contributed by atoms with Gasteiger partial charge in [0.25, 0.3) is 0 Å². The lowest BCUT2D eigenvalue weighted by atomic mass is 9.74. The van der Waals surface area contributed by atoms with Gasteiger partial charge in [0.15, 0.2) is 5.65 Å². The molecular formula is C19H27BrN6O2. The quantitative estimate of drug-likeness (QED) is 0.752. The normalized spacial score (nSPS) is 22.0. The van der Waals surface area contributed by atoms with Gasteiger partial charge in [0.1, 0.15) is 11.9 Å². The van der Waals surface area contributed by atoms with E-state index >= 15 is 0 Å². The van der Waals surface area contributed by atoms with E-state index in [0.29, 0.717) is 0 Å². The van der Waals surface area contributed by atoms with Crippen LogP contribution < -0.4 is 10.2 Å². The van der Waals surface area contributed by atoms with Crippen molar-refractivity contribution in [1.29, 1.82) is 0 Å². The molecule has 1 aliphatic heterocycles. The van der Waals surface area contributed by atoms with Crippen LogP contribution in [0.5, 0.6) is 0 Å². The number of halogens is 1. The number of amides is 1. The molecule has 4 rings (SSSR count). The third kappa shape index (κ3) is 3.68. The molecule has 1 saturated heterocycles. The molecule has 152 valence electrons. The summed E-state index contributed by atoms with van der Waals surface area (Å²) >= 11 is 3.48. The van der Waals surface area contributed by atoms with E-state index in [4.69, 9.17) is 4.74 Å². The second kappa shape index (κ2) is 7.17. The average molecular weight is 451 g/mol. The molecule has 2 aliphatic rings. The molecule has 3 heterocycles. The molecule has 0 radical (unpaired) electrons. The van der Waals surface area contributed by atoms with Gasteiger partial charge in [0.05, 0.1) is 4.47 Å². The maximum Gasteiger partial charge on any atom is 0.407 e. The Morgan fingerprint density at radius 2 is 2.07 bits per heavy atom. The molecular weight excluding hydrogens is 424 g/mol. The Morgan fingerprint density at radius 3 is 2.79 bits per heavy atom. The fourth-order valence-corrected chi connectivity index (χ4v) is 4.95. The van der Waals surface area contributed by atoms with Crippen LogP contribution in [0, 0.1) is 5.41 Å². The summed E-state index contributed by atoms with van der Waals surface area (Å²) in [6.45, 7) is 7.48. The zero-order valence-electron chi connectivity index (χ0n) is 16.6. The lowest BCUT2D eigenvalue weighted by Gasteiger charge is -2.43. The van der Waals surface area contributed by atoms with Gasteiger partial charge in [-0.3, -0.25) is 0 Å². The summed E-state index contributed by atoms with van der Waals surface area (Å²) in [5.74, 6) is 0.868. The number of hydrogen-bond acceptors (Lipinski definition) is 6. The summed E-state index contributed by atoms with van der Waals surface area (Å²) < 4.78 is 8.24. The van der Waals surface area contributed by atoms with Crippen molar-refractivity contribution in [3.63, 3.8) is 0 Å². The number of hydrogen-bond donors (Lipinski definition) is 1. The highest BCUT2D eigenvalue weighted by Crippen LogP contribution is 2.47. The first-order valence-corrected chi connectivity index (χ1v) is 10.7. The summed E-state index contributed by atoms with van der Waals surface area (Å²) in [7, 11) is 0. The van der Waals surface area contributed by atoms with Crippen LogP contribution in [0.15, 0.2) is 17.0 Å². The SMILES string of the molecule is CC(C)(C)OC(=O)N[C@@H]1CCCC12CCN(c1ncc(Br)c3nncn13)CC2. The highest BCUT2D eigenvalue weighted by Gasteiger charge is 2.46. The Morgan fingerprint density at radius 1 is 1.32 bits per heavy atom. The largest absolute Gasteiger partial charge is 0.444 e. The van der Waals surface area contributed by atoms with E-state index in [1.807, 2.05) is 25.2 Å². The first-order valence-electron chi connectivity index (χ1n) is 9.86. The molecule has 2 fully saturated rings. The van der Waals surface area contributed by atoms with Crippen LogP contribution in [0.25, 0.3) is 5.65 Å². The number of aromatic nitrogens is 4. The van der Waals surface area contributed by atoms with Crippen LogP contribution >= 0.6 is 15.9 Å². The zero-order chi connectivity index (χ0) is 19.9. The molecule has 0 aromatic carbocycles. The summed E-state index contributed by atoms with van der Waals surface area (Å²) in [5.41, 5.74) is 0.446. The van der Waals surface area contributed by atoms with Crippen LogP contribution in [0.1, 0.15) is 52.9 Å². The number of nitrogens with zero attached hydrogens (tertiary/aromatic N) is 5. The minimum atomic E-state index is -0.476. The molecule has 0 bridgehead atoms. The molecule has 1 spiro atoms. The third-order valence-corrected chi connectivity index (χ3v) is 6.47. The fraction of sp³-hybridized carbons (Fsp3) is 0.684. The number of carbonyl (C=O) groups is 1. The highest BCUT2D eigenvalue weighted by molar-refractivity contribution is 9.10. The molecule has 1 saturated carbocycles. The maximum atomic E-state index is 12.3. The van der Waals surface area contributed by atoms with Crippen molar-refractivity contribution in [1.82, 2.24) is 24.9 Å². The minimum absolute atomic E-state index is 0.148. The minimum Gasteiger partial charge on any atom is -0.444 e. The van der Waals surface area contributed by atoms with Crippen LogP contribution in [-0.2, 0) is 4.74 Å². The van der Waals surface area contributed by atoms with Gasteiger partial charge in [-0.1, -0.05) is 6.42 Å². The molecule has 1 aliphatic carbocycles. The molecule has 1 N–H and O–H groups in total. The third-order valence-electron chi connectivity index (χ3n) is 5.91. The first-order chi connectivity index (χ1) is 13.3. The van der Waals surface area contributed by atoms with E-state index < -0.39 is 5.60 Å². The summed E-state index contributed by atoms with van der Waals surface area (Å²) in [4.78, 5) is 19.2. The van der Waals surface area contributed by atoms with E-state index in [9.17, 15) is 4.79 Å². The van der Waals surface area contributed by atoms with E-state index in [-0.39, 0.29) is 17.6 Å². The van der Waals surface area contributed by atoms with Gasteiger partial charge in [0.2, 0.25) is 5.95 Å². The van der Waals surface area contributed by atoms with Crippen LogP contribution in [0.2, 0.25) is 0 Å². The topological polar surface area (TPSA) is 84.6 Å². The Labute approximate surface area is 173 Å². The number of alkyl carbamates (subject to hydrolysis) is 1. The second-order valence-corrected chi connectivity index (χ2v) is 9.73. The number of piperidine rings is 1. The molecule has 9 heteroatoms. The molecule has 1 amide bonds. The number of fused-ring (bicyclic) bond motifs is 1. The molecule has 28 heavy (non-hydrogen) atoms. The van der Waals surface area contributed by atoms with Gasteiger partial charge in [0, 0.05) is 25.3 Å². The van der Waals surface area contributed by atoms with Crippen molar-refractivity contribution in [2.45, 2.75) is 64.5 Å². The molecule has 0 unspecified atom stereocenters. The zero-order valence-corrected chi connectivity index (χ0v) is 18.2. The Kier molecular flexibility index (Phi) is 4.97. The molecule has 1 atom stereocenters. The molecule has 2 aromatic rings. The number of carbonyl (C=O) groups excluding carboxylic acids is 1. The predicted molar refractivity (Wildman–Crippen MR) is 109 cm³/mol. The summed E-state index contributed by atoms with van der Waals surface area (Å²) in [5, 5.41) is 11.3. The smallest absolute Gasteiger partial charge is 0.407 e. The van der Waals surface area contributed by atoms with Crippen LogP contribution in [0.3, 0.4) is 0 Å². The fourth-order valence-electron chi connectivity index (χ4n) is 4.58. The number of nitrogens with one attached hydrogen (secondary N) is 1. The van der Waals surface area contributed by atoms with E-state index in [1.54, 1.807) is 12.5 Å². The standard InChI is InChI=1S/C19H27BrN6O2/c1-18(2,3)28-17(27)23-14-5-4-6-19(14)7-9-25(10-8-19)16-21-11-13(20)15-24-22-12-26(15)16/h11-12,14H,4-10H2,1-3H3,(H,23,27)/t14-/m1/s1. The monoisotopic (exact) mass is 450 g/mol. The van der Waals surface area contributed by atoms with Gasteiger partial charge in [-0.2, -0.15) is 0 Å². The van der Waals surface area contributed by atoms with Crippen LogP contribution in [0.4, 0.5) is 10.7 Å². The lowest BCUT2D eigenvalue weighted by Crippen LogP contribution is -2.51. The van der Waals surface area contributed by atoms with Gasteiger partial charge < -0.3 is 15.0 Å². The Balaban J connectivity index is 1.45. The summed E-state index contributed by atoms with van der Waals surface area (Å²) in [6.07, 6.45) is 8.54. The highest BCUT2D eigenvalue weighted by atomic mass is 79.9. The maximum absolute atomic E-state index is 12.3. The van der Waals surface area contributed by atoms with Crippen molar-refractivity contribution < 1.29 is 9.53 Å². The van der Waals surface area contributed by atoms with Gasteiger partial charge in [-0.05, 0) is 67.8 Å². The average Bonchev–Trinajstić information content (AvgIpc) is 3.24. The number of rotatable bonds is 2. The van der Waals surface area contributed by atoms with Crippen molar-refractivity contribution in [2.24, 2.45) is 5.41 Å². The van der Waals surface area contributed by atoms with Crippen LogP contribution in [-0.4, -0.2) is 50.4 Å².